The van der Waals surface area contributed by atoms with Gasteiger partial charge in [0.05, 0.1) is 6.54 Å². The highest BCUT2D eigenvalue weighted by atomic mass is 16.5. The van der Waals surface area contributed by atoms with Gasteiger partial charge in [-0.15, -0.1) is 0 Å². The normalized spacial score (nSPS) is 17.0. The second kappa shape index (κ2) is 7.80. The van der Waals surface area contributed by atoms with Crippen molar-refractivity contribution in [3.8, 4) is 5.88 Å². The first-order valence-electron chi connectivity index (χ1n) is 7.89. The lowest BCUT2D eigenvalue weighted by Gasteiger charge is -2.19. The SMILES string of the molecule is CCCNC(=O)N1CCC(Oc2ncccc2C(=O)N(C)C)C1. The minimum absolute atomic E-state index is 0.0661. The number of nitrogens with zero attached hydrogens (tertiary/aromatic N) is 3. The first-order valence-corrected chi connectivity index (χ1v) is 7.89. The van der Waals surface area contributed by atoms with Crippen molar-refractivity contribution < 1.29 is 14.3 Å². The second-order valence-corrected chi connectivity index (χ2v) is 5.76. The van der Waals surface area contributed by atoms with Crippen LogP contribution in [0.15, 0.2) is 18.3 Å². The minimum atomic E-state index is -0.149. The maximum Gasteiger partial charge on any atom is 0.317 e. The summed E-state index contributed by atoms with van der Waals surface area (Å²) in [5.74, 6) is 0.177. The Hall–Kier alpha value is -2.31. The smallest absolute Gasteiger partial charge is 0.317 e. The Balaban J connectivity index is 1.99. The Morgan fingerprint density at radius 3 is 2.96 bits per heavy atom. The molecule has 1 aromatic rings. The number of likely N-dealkylation sites (tertiary alicyclic amines) is 1. The van der Waals surface area contributed by atoms with Crippen LogP contribution >= 0.6 is 0 Å². The van der Waals surface area contributed by atoms with E-state index < -0.39 is 0 Å². The van der Waals surface area contributed by atoms with E-state index in [2.05, 4.69) is 10.3 Å². The number of hydrogen-bond donors (Lipinski definition) is 1. The maximum atomic E-state index is 12.2. The van der Waals surface area contributed by atoms with Crippen LogP contribution in [0.3, 0.4) is 0 Å². The van der Waals surface area contributed by atoms with Gasteiger partial charge in [-0.3, -0.25) is 4.79 Å². The Labute approximate surface area is 136 Å². The molecule has 7 heteroatoms. The largest absolute Gasteiger partial charge is 0.472 e. The molecule has 1 saturated heterocycles. The van der Waals surface area contributed by atoms with Gasteiger partial charge in [0.1, 0.15) is 11.7 Å². The molecule has 3 amide bonds. The molecule has 1 fully saturated rings. The number of amides is 3. The summed E-state index contributed by atoms with van der Waals surface area (Å²) in [6, 6.07) is 3.34. The zero-order valence-electron chi connectivity index (χ0n) is 13.9. The third-order valence-electron chi connectivity index (χ3n) is 3.64. The third kappa shape index (κ3) is 4.34. The zero-order valence-corrected chi connectivity index (χ0v) is 13.9. The molecule has 1 aromatic heterocycles. The van der Waals surface area contributed by atoms with Crippen LogP contribution in [0.1, 0.15) is 30.1 Å². The van der Waals surface area contributed by atoms with Gasteiger partial charge in [0.2, 0.25) is 5.88 Å². The summed E-state index contributed by atoms with van der Waals surface area (Å²) in [6.45, 7) is 3.83. The van der Waals surface area contributed by atoms with Crippen molar-refractivity contribution in [1.82, 2.24) is 20.1 Å². The Bertz CT molecular complexity index is 562. The van der Waals surface area contributed by atoms with Crippen molar-refractivity contribution in [2.75, 3.05) is 33.7 Å². The highest BCUT2D eigenvalue weighted by molar-refractivity contribution is 5.96. The average molecular weight is 320 g/mol. The lowest BCUT2D eigenvalue weighted by atomic mass is 10.2. The number of ether oxygens (including phenoxy) is 1. The molecule has 7 nitrogen and oxygen atoms in total. The molecule has 1 atom stereocenters. The van der Waals surface area contributed by atoms with Gasteiger partial charge in [-0.05, 0) is 18.6 Å². The van der Waals surface area contributed by atoms with E-state index in [9.17, 15) is 9.59 Å². The highest BCUT2D eigenvalue weighted by Crippen LogP contribution is 2.21. The van der Waals surface area contributed by atoms with Crippen LogP contribution in [0, 0.1) is 0 Å². The van der Waals surface area contributed by atoms with Crippen LogP contribution in [0.25, 0.3) is 0 Å². The molecule has 1 unspecified atom stereocenters. The van der Waals surface area contributed by atoms with E-state index in [1.807, 2.05) is 6.92 Å². The number of rotatable bonds is 5. The molecule has 0 aromatic carbocycles. The summed E-state index contributed by atoms with van der Waals surface area (Å²) < 4.78 is 5.88. The molecule has 1 N–H and O–H groups in total. The van der Waals surface area contributed by atoms with Gasteiger partial charge in [-0.1, -0.05) is 6.92 Å². The van der Waals surface area contributed by atoms with Gasteiger partial charge in [0.15, 0.2) is 0 Å². The Morgan fingerprint density at radius 1 is 1.48 bits per heavy atom. The molecule has 1 aliphatic rings. The predicted octanol–water partition coefficient (Wildman–Crippen LogP) is 1.36. The number of nitrogens with one attached hydrogen (secondary N) is 1. The van der Waals surface area contributed by atoms with Crippen LogP contribution < -0.4 is 10.1 Å². The summed E-state index contributed by atoms with van der Waals surface area (Å²) in [7, 11) is 3.38. The fourth-order valence-corrected chi connectivity index (χ4v) is 2.40. The molecule has 23 heavy (non-hydrogen) atoms. The summed E-state index contributed by atoms with van der Waals surface area (Å²) in [5, 5.41) is 2.86. The zero-order chi connectivity index (χ0) is 16.8. The molecule has 0 bridgehead atoms. The molecule has 0 aliphatic carbocycles. The van der Waals surface area contributed by atoms with Crippen LogP contribution in [0.5, 0.6) is 5.88 Å². The fourth-order valence-electron chi connectivity index (χ4n) is 2.40. The van der Waals surface area contributed by atoms with Gasteiger partial charge < -0.3 is 19.9 Å². The molecule has 1 aliphatic heterocycles. The number of hydrogen-bond acceptors (Lipinski definition) is 4. The minimum Gasteiger partial charge on any atom is -0.472 e. The number of pyridine rings is 1. The van der Waals surface area contributed by atoms with Gasteiger partial charge in [0, 0.05) is 39.8 Å². The molecule has 2 rings (SSSR count). The van der Waals surface area contributed by atoms with Gasteiger partial charge in [-0.2, -0.15) is 0 Å². The fraction of sp³-hybridized carbons (Fsp3) is 0.562. The topological polar surface area (TPSA) is 74.8 Å². The van der Waals surface area contributed by atoms with Crippen LogP contribution in [0.2, 0.25) is 0 Å². The van der Waals surface area contributed by atoms with E-state index in [0.29, 0.717) is 31.1 Å². The lowest BCUT2D eigenvalue weighted by Crippen LogP contribution is -2.39. The molecule has 2 heterocycles. The van der Waals surface area contributed by atoms with Crippen molar-refractivity contribution >= 4 is 11.9 Å². The van der Waals surface area contributed by atoms with Crippen LogP contribution in [-0.4, -0.2) is 66.6 Å². The monoisotopic (exact) mass is 320 g/mol. The van der Waals surface area contributed by atoms with Crippen molar-refractivity contribution in [3.05, 3.63) is 23.9 Å². The Morgan fingerprint density at radius 2 is 2.26 bits per heavy atom. The molecular weight excluding hydrogens is 296 g/mol. The van der Waals surface area contributed by atoms with Gasteiger partial charge >= 0.3 is 6.03 Å². The van der Waals surface area contributed by atoms with E-state index >= 15 is 0 Å². The number of carbonyl (C=O) groups is 2. The van der Waals surface area contributed by atoms with Gasteiger partial charge in [0.25, 0.3) is 5.91 Å². The van der Waals surface area contributed by atoms with Crippen LogP contribution in [-0.2, 0) is 0 Å². The molecular formula is C16H24N4O3. The van der Waals surface area contributed by atoms with E-state index in [4.69, 9.17) is 4.74 Å². The van der Waals surface area contributed by atoms with E-state index in [1.54, 1.807) is 37.3 Å². The highest BCUT2D eigenvalue weighted by Gasteiger charge is 2.29. The van der Waals surface area contributed by atoms with Crippen molar-refractivity contribution in [2.24, 2.45) is 0 Å². The van der Waals surface area contributed by atoms with Crippen molar-refractivity contribution in [2.45, 2.75) is 25.9 Å². The molecule has 0 radical (unpaired) electrons. The number of aromatic nitrogens is 1. The average Bonchev–Trinajstić information content (AvgIpc) is 3.01. The van der Waals surface area contributed by atoms with Crippen molar-refractivity contribution in [1.29, 1.82) is 0 Å². The maximum absolute atomic E-state index is 12.2. The summed E-state index contributed by atoms with van der Waals surface area (Å²) in [6.07, 6.45) is 3.09. The molecule has 126 valence electrons. The third-order valence-corrected chi connectivity index (χ3v) is 3.64. The van der Waals surface area contributed by atoms with E-state index in [-0.39, 0.29) is 18.0 Å². The van der Waals surface area contributed by atoms with Crippen molar-refractivity contribution in [3.63, 3.8) is 0 Å². The first-order chi connectivity index (χ1) is 11.0. The first kappa shape index (κ1) is 17.1. The lowest BCUT2D eigenvalue weighted by molar-refractivity contribution is 0.0818. The van der Waals surface area contributed by atoms with Gasteiger partial charge in [-0.25, -0.2) is 9.78 Å². The van der Waals surface area contributed by atoms with Crippen LogP contribution in [0.4, 0.5) is 4.79 Å². The second-order valence-electron chi connectivity index (χ2n) is 5.76. The molecule has 0 spiro atoms. The number of carbonyl (C=O) groups excluding carboxylic acids is 2. The quantitative estimate of drug-likeness (QED) is 0.889. The standard InChI is InChI=1S/C16H24N4O3/c1-4-8-18-16(22)20-10-7-12(11-20)23-14-13(6-5-9-17-14)15(21)19(2)3/h5-6,9,12H,4,7-8,10-11H2,1-3H3,(H,18,22). The van der Waals surface area contributed by atoms with E-state index in [1.165, 1.54) is 4.90 Å². The number of urea groups is 1. The summed E-state index contributed by atoms with van der Waals surface area (Å²) >= 11 is 0. The van der Waals surface area contributed by atoms with E-state index in [0.717, 1.165) is 12.8 Å². The Kier molecular flexibility index (Phi) is 5.78. The summed E-state index contributed by atoms with van der Waals surface area (Å²) in [5.41, 5.74) is 0.436. The predicted molar refractivity (Wildman–Crippen MR) is 86.6 cm³/mol. The summed E-state index contributed by atoms with van der Waals surface area (Å²) in [4.78, 5) is 31.5. The molecule has 0 saturated carbocycles.